The fourth-order valence-corrected chi connectivity index (χ4v) is 2.57. The van der Waals surface area contributed by atoms with Gasteiger partial charge in [0.25, 0.3) is 0 Å². The first-order valence-corrected chi connectivity index (χ1v) is 6.56. The van der Waals surface area contributed by atoms with Gasteiger partial charge in [-0.15, -0.1) is 0 Å². The molecule has 1 rings (SSSR count). The standard InChI is InChI=1S/C10H11F2NO5S/c11-6-3-7(12)5-8(4-6)19(17,18)13-9(1-2-14)10(15)16/h3-5,9,13-14H,1-2H2,(H,15,16). The molecule has 9 heteroatoms. The lowest BCUT2D eigenvalue weighted by Crippen LogP contribution is -2.41. The first-order chi connectivity index (χ1) is 8.76. The summed E-state index contributed by atoms with van der Waals surface area (Å²) in [6, 6.07) is 0.0230. The summed E-state index contributed by atoms with van der Waals surface area (Å²) in [6.07, 6.45) is -0.369. The molecular weight excluding hydrogens is 284 g/mol. The number of carboxylic acid groups (broad SMARTS) is 1. The van der Waals surface area contributed by atoms with Gasteiger partial charge >= 0.3 is 5.97 Å². The van der Waals surface area contributed by atoms with Crippen LogP contribution in [0.2, 0.25) is 0 Å². The third-order valence-corrected chi connectivity index (χ3v) is 3.61. The zero-order chi connectivity index (χ0) is 14.6. The number of aliphatic carboxylic acids is 1. The first kappa shape index (κ1) is 15.5. The van der Waals surface area contributed by atoms with Crippen molar-refractivity contribution in [2.45, 2.75) is 17.4 Å². The van der Waals surface area contributed by atoms with Gasteiger partial charge in [0.05, 0.1) is 4.90 Å². The van der Waals surface area contributed by atoms with Gasteiger partial charge in [-0.3, -0.25) is 4.79 Å². The maximum Gasteiger partial charge on any atom is 0.321 e. The SMILES string of the molecule is O=C(O)C(CCO)NS(=O)(=O)c1cc(F)cc(F)c1. The molecule has 0 amide bonds. The van der Waals surface area contributed by atoms with Gasteiger partial charge in [0, 0.05) is 12.7 Å². The maximum absolute atomic E-state index is 12.9. The molecular formula is C10H11F2NO5S. The van der Waals surface area contributed by atoms with Crippen molar-refractivity contribution in [2.24, 2.45) is 0 Å². The Balaban J connectivity index is 3.06. The summed E-state index contributed by atoms with van der Waals surface area (Å²) >= 11 is 0. The van der Waals surface area contributed by atoms with Gasteiger partial charge in [-0.1, -0.05) is 0 Å². The van der Waals surface area contributed by atoms with Gasteiger partial charge in [-0.2, -0.15) is 4.72 Å². The third-order valence-electron chi connectivity index (χ3n) is 2.16. The van der Waals surface area contributed by atoms with Crippen LogP contribution in [0.4, 0.5) is 8.78 Å². The minimum absolute atomic E-state index is 0.369. The monoisotopic (exact) mass is 295 g/mol. The Kier molecular flexibility index (Phi) is 4.92. The second kappa shape index (κ2) is 6.04. The highest BCUT2D eigenvalue weighted by molar-refractivity contribution is 7.89. The molecule has 0 aliphatic carbocycles. The third kappa shape index (κ3) is 4.23. The molecule has 1 atom stereocenters. The van der Waals surface area contributed by atoms with E-state index in [0.717, 1.165) is 0 Å². The largest absolute Gasteiger partial charge is 0.480 e. The second-order valence-corrected chi connectivity index (χ2v) is 5.34. The summed E-state index contributed by atoms with van der Waals surface area (Å²) in [4.78, 5) is 10.0. The summed E-state index contributed by atoms with van der Waals surface area (Å²) in [7, 11) is -4.39. The van der Waals surface area contributed by atoms with E-state index < -0.39 is 45.2 Å². The number of nitrogens with one attached hydrogen (secondary N) is 1. The second-order valence-electron chi connectivity index (χ2n) is 3.63. The number of aliphatic hydroxyl groups excluding tert-OH is 1. The number of hydrogen-bond acceptors (Lipinski definition) is 4. The van der Waals surface area contributed by atoms with E-state index in [9.17, 15) is 22.0 Å². The summed E-state index contributed by atoms with van der Waals surface area (Å²) in [6.45, 7) is -0.559. The Bertz CT molecular complexity index is 555. The molecule has 0 radical (unpaired) electrons. The van der Waals surface area contributed by atoms with Gasteiger partial charge in [0.2, 0.25) is 10.0 Å². The van der Waals surface area contributed by atoms with Crippen LogP contribution in [0.1, 0.15) is 6.42 Å². The molecule has 19 heavy (non-hydrogen) atoms. The van der Waals surface area contributed by atoms with Crippen LogP contribution in [0, 0.1) is 11.6 Å². The average molecular weight is 295 g/mol. The molecule has 0 bridgehead atoms. The molecule has 0 aliphatic heterocycles. The molecule has 106 valence electrons. The average Bonchev–Trinajstić information content (AvgIpc) is 2.26. The van der Waals surface area contributed by atoms with Gasteiger partial charge in [0.1, 0.15) is 17.7 Å². The molecule has 0 aromatic heterocycles. The highest BCUT2D eigenvalue weighted by atomic mass is 32.2. The molecule has 0 saturated carbocycles. The summed E-state index contributed by atoms with van der Waals surface area (Å²) in [5.41, 5.74) is 0. The van der Waals surface area contributed by atoms with Crippen molar-refractivity contribution in [3.63, 3.8) is 0 Å². The van der Waals surface area contributed by atoms with Crippen LogP contribution in [-0.2, 0) is 14.8 Å². The van der Waals surface area contributed by atoms with Crippen molar-refractivity contribution in [2.75, 3.05) is 6.61 Å². The number of halogens is 2. The Hall–Kier alpha value is -1.58. The molecule has 0 aliphatic rings. The maximum atomic E-state index is 12.9. The van der Waals surface area contributed by atoms with Crippen LogP contribution in [-0.4, -0.2) is 37.2 Å². The topological polar surface area (TPSA) is 104 Å². The number of carboxylic acids is 1. The van der Waals surface area contributed by atoms with Crippen LogP contribution in [0.25, 0.3) is 0 Å². The lowest BCUT2D eigenvalue weighted by atomic mass is 10.2. The minimum Gasteiger partial charge on any atom is -0.480 e. The molecule has 1 unspecified atom stereocenters. The number of hydrogen-bond donors (Lipinski definition) is 3. The Morgan fingerprint density at radius 1 is 1.26 bits per heavy atom. The first-order valence-electron chi connectivity index (χ1n) is 5.08. The molecule has 1 aromatic carbocycles. The van der Waals surface area contributed by atoms with Crippen LogP contribution < -0.4 is 4.72 Å². The van der Waals surface area contributed by atoms with Gasteiger partial charge in [-0.05, 0) is 18.6 Å². The highest BCUT2D eigenvalue weighted by Crippen LogP contribution is 2.14. The zero-order valence-corrected chi connectivity index (χ0v) is 10.3. The quantitative estimate of drug-likeness (QED) is 0.689. The van der Waals surface area contributed by atoms with Gasteiger partial charge in [0.15, 0.2) is 0 Å². The Morgan fingerprint density at radius 3 is 2.21 bits per heavy atom. The predicted octanol–water partition coefficient (Wildman–Crippen LogP) is 0.0787. The van der Waals surface area contributed by atoms with Gasteiger partial charge in [-0.25, -0.2) is 17.2 Å². The molecule has 0 spiro atoms. The van der Waals surface area contributed by atoms with Crippen molar-refractivity contribution >= 4 is 16.0 Å². The molecule has 0 fully saturated rings. The number of sulfonamides is 1. The summed E-state index contributed by atoms with van der Waals surface area (Å²) < 4.78 is 51.0. The summed E-state index contributed by atoms with van der Waals surface area (Å²) in [5.74, 6) is -3.71. The van der Waals surface area contributed by atoms with Gasteiger partial charge < -0.3 is 10.2 Å². The van der Waals surface area contributed by atoms with Crippen LogP contribution >= 0.6 is 0 Å². The molecule has 0 saturated heterocycles. The number of benzene rings is 1. The predicted molar refractivity (Wildman–Crippen MR) is 59.8 cm³/mol. The van der Waals surface area contributed by atoms with E-state index in [1.54, 1.807) is 4.72 Å². The smallest absolute Gasteiger partial charge is 0.321 e. The van der Waals surface area contributed by atoms with Crippen LogP contribution in [0.3, 0.4) is 0 Å². The van der Waals surface area contributed by atoms with Crippen molar-refractivity contribution in [3.05, 3.63) is 29.8 Å². The molecule has 6 nitrogen and oxygen atoms in total. The van der Waals surface area contributed by atoms with E-state index in [2.05, 4.69) is 0 Å². The number of rotatable bonds is 6. The van der Waals surface area contributed by atoms with E-state index in [1.807, 2.05) is 0 Å². The number of aliphatic hydroxyl groups is 1. The van der Waals surface area contributed by atoms with E-state index in [0.29, 0.717) is 18.2 Å². The Morgan fingerprint density at radius 2 is 1.79 bits per heavy atom. The molecule has 0 heterocycles. The van der Waals surface area contributed by atoms with E-state index in [-0.39, 0.29) is 6.42 Å². The number of carbonyl (C=O) groups is 1. The molecule has 1 aromatic rings. The van der Waals surface area contributed by atoms with E-state index in [1.165, 1.54) is 0 Å². The van der Waals surface area contributed by atoms with E-state index >= 15 is 0 Å². The zero-order valence-electron chi connectivity index (χ0n) is 9.51. The van der Waals surface area contributed by atoms with Crippen LogP contribution in [0.15, 0.2) is 23.1 Å². The highest BCUT2D eigenvalue weighted by Gasteiger charge is 2.25. The fourth-order valence-electron chi connectivity index (χ4n) is 1.30. The molecule has 3 N–H and O–H groups in total. The van der Waals surface area contributed by atoms with Crippen molar-refractivity contribution in [1.82, 2.24) is 4.72 Å². The van der Waals surface area contributed by atoms with Crippen molar-refractivity contribution in [1.29, 1.82) is 0 Å². The summed E-state index contributed by atoms with van der Waals surface area (Å²) in [5, 5.41) is 17.4. The lowest BCUT2D eigenvalue weighted by molar-refractivity contribution is -0.139. The van der Waals surface area contributed by atoms with Crippen molar-refractivity contribution < 1.29 is 32.2 Å². The normalized spacial score (nSPS) is 13.2. The Labute approximate surface area is 107 Å². The minimum atomic E-state index is -4.39. The fraction of sp³-hybridized carbons (Fsp3) is 0.300. The van der Waals surface area contributed by atoms with E-state index in [4.69, 9.17) is 10.2 Å². The van der Waals surface area contributed by atoms with Crippen LogP contribution in [0.5, 0.6) is 0 Å². The lowest BCUT2D eigenvalue weighted by Gasteiger charge is -2.13. The van der Waals surface area contributed by atoms with Crippen molar-refractivity contribution in [3.8, 4) is 0 Å².